The fourth-order valence-electron chi connectivity index (χ4n) is 3.85. The highest BCUT2D eigenvalue weighted by atomic mass is 16.6. The topological polar surface area (TPSA) is 97.8 Å². The Kier molecular flexibility index (Phi) is 6.32. The molecule has 8 heteroatoms. The van der Waals surface area contributed by atoms with E-state index in [2.05, 4.69) is 31.1 Å². The van der Waals surface area contributed by atoms with E-state index in [9.17, 15) is 4.79 Å². The van der Waals surface area contributed by atoms with E-state index in [4.69, 9.17) is 15.6 Å². The Morgan fingerprint density at radius 3 is 2.72 bits per heavy atom. The number of fused-ring (bicyclic) bond motifs is 1. The Morgan fingerprint density at radius 1 is 1.22 bits per heavy atom. The van der Waals surface area contributed by atoms with Gasteiger partial charge in [-0.05, 0) is 36.0 Å². The molecular weight excluding hydrogens is 404 g/mol. The maximum Gasteiger partial charge on any atom is 0.410 e. The maximum absolute atomic E-state index is 12.5. The second-order valence-electron chi connectivity index (χ2n) is 9.52. The second kappa shape index (κ2) is 9.16. The molecule has 0 spiro atoms. The molecule has 0 radical (unpaired) electrons. The number of rotatable bonds is 6. The minimum atomic E-state index is -0.231. The predicted molar refractivity (Wildman–Crippen MR) is 125 cm³/mol. The average molecular weight is 437 g/mol. The van der Waals surface area contributed by atoms with E-state index in [0.717, 1.165) is 47.7 Å². The number of carbonyl (C=O) groups excluding carboxylic acids is 1. The molecule has 1 amide bonds. The van der Waals surface area contributed by atoms with Crippen LogP contribution in [-0.4, -0.2) is 51.3 Å². The summed E-state index contributed by atoms with van der Waals surface area (Å²) in [5.74, 6) is 0.741. The molecule has 0 aliphatic carbocycles. The summed E-state index contributed by atoms with van der Waals surface area (Å²) in [6, 6.07) is 12.1. The van der Waals surface area contributed by atoms with E-state index < -0.39 is 0 Å². The Hall–Kier alpha value is -3.13. The van der Waals surface area contributed by atoms with Gasteiger partial charge in [0.1, 0.15) is 5.82 Å². The van der Waals surface area contributed by atoms with Gasteiger partial charge in [0.25, 0.3) is 0 Å². The molecular formula is C24H32N6O2. The van der Waals surface area contributed by atoms with Crippen LogP contribution < -0.4 is 11.1 Å². The van der Waals surface area contributed by atoms with Gasteiger partial charge in [0.15, 0.2) is 5.65 Å². The van der Waals surface area contributed by atoms with Gasteiger partial charge in [-0.15, -0.1) is 5.10 Å². The van der Waals surface area contributed by atoms with Crippen LogP contribution in [0.15, 0.2) is 42.6 Å². The van der Waals surface area contributed by atoms with Gasteiger partial charge in [0.2, 0.25) is 0 Å². The van der Waals surface area contributed by atoms with Crippen LogP contribution in [0.25, 0.3) is 16.9 Å². The molecule has 0 bridgehead atoms. The van der Waals surface area contributed by atoms with Crippen LogP contribution >= 0.6 is 0 Å². The van der Waals surface area contributed by atoms with Crippen LogP contribution in [0, 0.1) is 5.41 Å². The SMILES string of the molecule is CC(C)(C)COC(=O)N1CCC[C@H]1CNc1ccc2ncc(-c3ccc(CN)cc3)n2n1. The predicted octanol–water partition coefficient (Wildman–Crippen LogP) is 3.91. The summed E-state index contributed by atoms with van der Waals surface area (Å²) in [4.78, 5) is 18.8. The molecule has 32 heavy (non-hydrogen) atoms. The highest BCUT2D eigenvalue weighted by molar-refractivity contribution is 5.68. The fraction of sp³-hybridized carbons (Fsp3) is 0.458. The number of ether oxygens (including phenoxy) is 1. The summed E-state index contributed by atoms with van der Waals surface area (Å²) in [6.45, 7) is 8.45. The van der Waals surface area contributed by atoms with E-state index in [1.807, 2.05) is 52.0 Å². The summed E-state index contributed by atoms with van der Waals surface area (Å²) in [5.41, 5.74) is 9.47. The monoisotopic (exact) mass is 436 g/mol. The zero-order valence-corrected chi connectivity index (χ0v) is 19.0. The number of hydrogen-bond donors (Lipinski definition) is 2. The van der Waals surface area contributed by atoms with Gasteiger partial charge in [0, 0.05) is 25.2 Å². The molecule has 0 saturated carbocycles. The molecule has 8 nitrogen and oxygen atoms in total. The van der Waals surface area contributed by atoms with Crippen LogP contribution in [0.3, 0.4) is 0 Å². The van der Waals surface area contributed by atoms with E-state index >= 15 is 0 Å². The number of anilines is 1. The van der Waals surface area contributed by atoms with Crippen molar-refractivity contribution in [3.63, 3.8) is 0 Å². The normalized spacial score (nSPS) is 16.5. The highest BCUT2D eigenvalue weighted by Crippen LogP contribution is 2.23. The molecule has 1 fully saturated rings. The van der Waals surface area contributed by atoms with E-state index in [1.165, 1.54) is 0 Å². The zero-order valence-electron chi connectivity index (χ0n) is 19.0. The number of amides is 1. The Bertz CT molecular complexity index is 1070. The summed E-state index contributed by atoms with van der Waals surface area (Å²) in [5, 5.41) is 8.13. The Labute approximate surface area is 188 Å². The number of imidazole rings is 1. The number of aromatic nitrogens is 3. The first-order chi connectivity index (χ1) is 15.3. The molecule has 1 aliphatic rings. The third-order valence-corrected chi connectivity index (χ3v) is 5.61. The van der Waals surface area contributed by atoms with Crippen molar-refractivity contribution in [1.29, 1.82) is 0 Å². The summed E-state index contributed by atoms with van der Waals surface area (Å²) in [7, 11) is 0. The second-order valence-corrected chi connectivity index (χ2v) is 9.52. The standard InChI is InChI=1S/C24H32N6O2/c1-24(2,3)16-32-23(31)29-12-4-5-19(29)14-26-21-10-11-22-27-15-20(30(22)28-21)18-8-6-17(13-25)7-9-18/h6-11,15,19H,4-5,12-14,16,25H2,1-3H3,(H,26,28)/t19-/m0/s1. The van der Waals surface area contributed by atoms with Gasteiger partial charge in [-0.3, -0.25) is 0 Å². The molecule has 3 heterocycles. The van der Waals surface area contributed by atoms with Crippen molar-refractivity contribution in [1.82, 2.24) is 19.5 Å². The number of carbonyl (C=O) groups is 1. The zero-order chi connectivity index (χ0) is 22.7. The molecule has 3 aromatic rings. The first kappa shape index (κ1) is 22.1. The van der Waals surface area contributed by atoms with Crippen LogP contribution in [0.4, 0.5) is 10.6 Å². The minimum absolute atomic E-state index is 0.0460. The number of nitrogens with one attached hydrogen (secondary N) is 1. The molecule has 1 saturated heterocycles. The minimum Gasteiger partial charge on any atom is -0.449 e. The van der Waals surface area contributed by atoms with E-state index in [0.29, 0.717) is 19.7 Å². The van der Waals surface area contributed by atoms with Crippen LogP contribution in [0.1, 0.15) is 39.2 Å². The number of likely N-dealkylation sites (tertiary alicyclic amines) is 1. The van der Waals surface area contributed by atoms with E-state index in [-0.39, 0.29) is 17.6 Å². The smallest absolute Gasteiger partial charge is 0.410 e. The number of hydrogen-bond acceptors (Lipinski definition) is 6. The largest absolute Gasteiger partial charge is 0.449 e. The van der Waals surface area contributed by atoms with Crippen LogP contribution in [0.5, 0.6) is 0 Å². The van der Waals surface area contributed by atoms with Gasteiger partial charge < -0.3 is 20.7 Å². The third-order valence-electron chi connectivity index (χ3n) is 5.61. The summed E-state index contributed by atoms with van der Waals surface area (Å²) < 4.78 is 7.36. The quantitative estimate of drug-likeness (QED) is 0.608. The fourth-order valence-corrected chi connectivity index (χ4v) is 3.85. The Morgan fingerprint density at radius 2 is 2.00 bits per heavy atom. The van der Waals surface area contributed by atoms with Crippen molar-refractivity contribution in [2.45, 2.75) is 46.2 Å². The molecule has 170 valence electrons. The van der Waals surface area contributed by atoms with Crippen LogP contribution in [0.2, 0.25) is 0 Å². The lowest BCUT2D eigenvalue weighted by molar-refractivity contribution is 0.0702. The van der Waals surface area contributed by atoms with Gasteiger partial charge in [0.05, 0.1) is 24.5 Å². The molecule has 1 aliphatic heterocycles. The average Bonchev–Trinajstić information content (AvgIpc) is 3.42. The van der Waals surface area contributed by atoms with Gasteiger partial charge in [-0.2, -0.15) is 0 Å². The summed E-state index contributed by atoms with van der Waals surface area (Å²) in [6.07, 6.45) is 3.52. The van der Waals surface area contributed by atoms with Crippen LogP contribution in [-0.2, 0) is 11.3 Å². The van der Waals surface area contributed by atoms with Crippen molar-refractivity contribution in [2.75, 3.05) is 25.0 Å². The van der Waals surface area contributed by atoms with Crippen molar-refractivity contribution in [3.8, 4) is 11.3 Å². The summed E-state index contributed by atoms with van der Waals surface area (Å²) >= 11 is 0. The lowest BCUT2D eigenvalue weighted by atomic mass is 9.99. The van der Waals surface area contributed by atoms with E-state index in [1.54, 1.807) is 0 Å². The van der Waals surface area contributed by atoms with Gasteiger partial charge in [-0.25, -0.2) is 14.3 Å². The van der Waals surface area contributed by atoms with Crippen molar-refractivity contribution >= 4 is 17.6 Å². The van der Waals surface area contributed by atoms with Crippen molar-refractivity contribution < 1.29 is 9.53 Å². The molecule has 0 unspecified atom stereocenters. The van der Waals surface area contributed by atoms with Crippen molar-refractivity contribution in [3.05, 3.63) is 48.2 Å². The number of nitrogens with two attached hydrogens (primary N) is 1. The third kappa shape index (κ3) is 5.02. The highest BCUT2D eigenvalue weighted by Gasteiger charge is 2.30. The number of nitrogens with zero attached hydrogens (tertiary/aromatic N) is 4. The maximum atomic E-state index is 12.5. The molecule has 2 aromatic heterocycles. The van der Waals surface area contributed by atoms with Gasteiger partial charge >= 0.3 is 6.09 Å². The molecule has 1 atom stereocenters. The molecule has 3 N–H and O–H groups in total. The molecule has 1 aromatic carbocycles. The number of benzene rings is 1. The van der Waals surface area contributed by atoms with Crippen molar-refractivity contribution in [2.24, 2.45) is 11.1 Å². The molecule has 4 rings (SSSR count). The first-order valence-corrected chi connectivity index (χ1v) is 11.2. The van der Waals surface area contributed by atoms with Gasteiger partial charge in [-0.1, -0.05) is 45.0 Å². The Balaban J connectivity index is 1.44. The lowest BCUT2D eigenvalue weighted by Crippen LogP contribution is -2.40. The first-order valence-electron chi connectivity index (χ1n) is 11.2. The lowest BCUT2D eigenvalue weighted by Gasteiger charge is -2.26.